The fraction of sp³-hybridized carbons (Fsp3) is 0.421. The lowest BCUT2D eigenvalue weighted by atomic mass is 10.1. The lowest BCUT2D eigenvalue weighted by molar-refractivity contribution is -0.0511. The molecular weight excluding hydrogens is 376 g/mol. The minimum atomic E-state index is -1.24. The molecule has 29 heavy (non-hydrogen) atoms. The molecule has 1 saturated heterocycles. The van der Waals surface area contributed by atoms with Gasteiger partial charge in [0.05, 0.1) is 19.0 Å². The first-order valence-corrected chi connectivity index (χ1v) is 9.53. The number of nitrogens with two attached hydrogens (primary N) is 1. The average Bonchev–Trinajstić information content (AvgIpc) is 3.39. The third-order valence-corrected chi connectivity index (χ3v) is 5.67. The van der Waals surface area contributed by atoms with Crippen LogP contribution in [-0.2, 0) is 11.2 Å². The third kappa shape index (κ3) is 2.92. The second-order valence-electron chi connectivity index (χ2n) is 7.42. The Morgan fingerprint density at radius 3 is 2.83 bits per heavy atom. The number of aromatic nitrogens is 4. The van der Waals surface area contributed by atoms with Gasteiger partial charge in [-0.15, -0.1) is 0 Å². The molecule has 5 atom stereocenters. The summed E-state index contributed by atoms with van der Waals surface area (Å²) in [6, 6.07) is 8.35. The number of fused-ring (bicyclic) bond motifs is 2. The second kappa shape index (κ2) is 6.92. The van der Waals surface area contributed by atoms with Crippen molar-refractivity contribution in [1.29, 1.82) is 0 Å². The highest BCUT2D eigenvalue weighted by atomic mass is 16.6. The van der Waals surface area contributed by atoms with Crippen LogP contribution in [0.25, 0.3) is 11.2 Å². The van der Waals surface area contributed by atoms with E-state index in [1.165, 1.54) is 22.0 Å². The Morgan fingerprint density at radius 1 is 1.21 bits per heavy atom. The lowest BCUT2D eigenvalue weighted by Gasteiger charge is -2.18. The first-order valence-electron chi connectivity index (χ1n) is 9.53. The Labute approximate surface area is 166 Å². The molecule has 0 spiro atoms. The number of ether oxygens (including phenoxy) is 1. The predicted octanol–water partition coefficient (Wildman–Crippen LogP) is 0.119. The average molecular weight is 398 g/mol. The molecule has 152 valence electrons. The molecule has 0 amide bonds. The molecule has 10 nitrogen and oxygen atoms in total. The highest BCUT2D eigenvalue weighted by molar-refractivity contribution is 5.84. The molecule has 3 aromatic rings. The van der Waals surface area contributed by atoms with Crippen molar-refractivity contribution >= 4 is 22.9 Å². The minimum absolute atomic E-state index is 0.0553. The van der Waals surface area contributed by atoms with Crippen LogP contribution >= 0.6 is 0 Å². The van der Waals surface area contributed by atoms with E-state index in [-0.39, 0.29) is 12.0 Å². The van der Waals surface area contributed by atoms with E-state index in [2.05, 4.69) is 32.4 Å². The molecule has 1 fully saturated rings. The Morgan fingerprint density at radius 2 is 2.03 bits per heavy atom. The highest BCUT2D eigenvalue weighted by Crippen LogP contribution is 2.36. The number of imidazole rings is 1. The quantitative estimate of drug-likeness (QED) is 0.412. The molecule has 0 saturated carbocycles. The van der Waals surface area contributed by atoms with Crippen molar-refractivity contribution in [3.8, 4) is 0 Å². The van der Waals surface area contributed by atoms with Crippen LogP contribution in [-0.4, -0.2) is 59.8 Å². The van der Waals surface area contributed by atoms with Gasteiger partial charge >= 0.3 is 0 Å². The van der Waals surface area contributed by atoms with Gasteiger partial charge in [0.1, 0.15) is 18.3 Å². The molecule has 0 radical (unpaired) electrons. The number of aliphatic hydroxyl groups excluding tert-OH is 3. The van der Waals surface area contributed by atoms with Crippen LogP contribution in [0, 0.1) is 0 Å². The molecule has 1 aromatic carbocycles. The van der Waals surface area contributed by atoms with Crippen molar-refractivity contribution in [1.82, 2.24) is 19.5 Å². The summed E-state index contributed by atoms with van der Waals surface area (Å²) in [4.78, 5) is 13.0. The van der Waals surface area contributed by atoms with E-state index in [4.69, 9.17) is 10.5 Å². The molecule has 2 aliphatic rings. The van der Waals surface area contributed by atoms with Crippen molar-refractivity contribution in [3.63, 3.8) is 0 Å². The van der Waals surface area contributed by atoms with Gasteiger partial charge in [-0.1, -0.05) is 24.3 Å². The molecule has 5 unspecified atom stereocenters. The smallest absolute Gasteiger partial charge is 0.224 e. The van der Waals surface area contributed by atoms with Gasteiger partial charge in [0.25, 0.3) is 0 Å². The van der Waals surface area contributed by atoms with Gasteiger partial charge in [0.15, 0.2) is 23.2 Å². The zero-order chi connectivity index (χ0) is 20.1. The summed E-state index contributed by atoms with van der Waals surface area (Å²) in [5, 5.41) is 33.2. The van der Waals surface area contributed by atoms with E-state index in [9.17, 15) is 15.3 Å². The van der Waals surface area contributed by atoms with Crippen LogP contribution in [0.15, 0.2) is 30.6 Å². The Kier molecular flexibility index (Phi) is 4.36. The van der Waals surface area contributed by atoms with Gasteiger partial charge in [0, 0.05) is 0 Å². The first kappa shape index (κ1) is 18.3. The molecular formula is C19H22N6O4. The summed E-state index contributed by atoms with van der Waals surface area (Å²) < 4.78 is 7.10. The van der Waals surface area contributed by atoms with Gasteiger partial charge in [-0.2, -0.15) is 9.97 Å². The van der Waals surface area contributed by atoms with Crippen LogP contribution in [0.5, 0.6) is 0 Å². The van der Waals surface area contributed by atoms with Crippen LogP contribution in [0.2, 0.25) is 0 Å². The lowest BCUT2D eigenvalue weighted by Crippen LogP contribution is -2.33. The fourth-order valence-electron chi connectivity index (χ4n) is 4.20. The molecule has 3 heterocycles. The summed E-state index contributed by atoms with van der Waals surface area (Å²) in [6.45, 7) is -0.410. The third-order valence-electron chi connectivity index (χ3n) is 5.67. The molecule has 1 aliphatic carbocycles. The van der Waals surface area contributed by atoms with E-state index in [1.54, 1.807) is 0 Å². The summed E-state index contributed by atoms with van der Waals surface area (Å²) in [5.74, 6) is 0.555. The number of nitrogens with one attached hydrogen (secondary N) is 1. The van der Waals surface area contributed by atoms with Crippen molar-refractivity contribution in [2.45, 2.75) is 43.4 Å². The number of nitrogen functional groups attached to an aromatic ring is 1. The summed E-state index contributed by atoms with van der Waals surface area (Å²) in [7, 11) is 0. The number of rotatable bonds is 4. The molecule has 2 aromatic heterocycles. The van der Waals surface area contributed by atoms with Crippen LogP contribution < -0.4 is 11.1 Å². The molecule has 10 heteroatoms. The van der Waals surface area contributed by atoms with Gasteiger partial charge in [-0.25, -0.2) is 4.98 Å². The Bertz CT molecular complexity index is 1060. The van der Waals surface area contributed by atoms with Crippen molar-refractivity contribution < 1.29 is 20.1 Å². The van der Waals surface area contributed by atoms with Gasteiger partial charge in [0.2, 0.25) is 5.95 Å². The molecule has 5 rings (SSSR count). The fourth-order valence-corrected chi connectivity index (χ4v) is 4.20. The maximum atomic E-state index is 10.3. The van der Waals surface area contributed by atoms with E-state index in [1.807, 2.05) is 12.1 Å². The zero-order valence-electron chi connectivity index (χ0n) is 15.5. The number of benzene rings is 1. The predicted molar refractivity (Wildman–Crippen MR) is 104 cm³/mol. The molecule has 6 N–H and O–H groups in total. The Hall–Kier alpha value is -2.79. The number of hydrogen-bond acceptors (Lipinski definition) is 9. The number of hydrogen-bond donors (Lipinski definition) is 5. The minimum Gasteiger partial charge on any atom is -0.394 e. The summed E-state index contributed by atoms with van der Waals surface area (Å²) >= 11 is 0. The largest absolute Gasteiger partial charge is 0.394 e. The summed E-state index contributed by atoms with van der Waals surface area (Å²) in [6.07, 6.45) is -0.907. The maximum Gasteiger partial charge on any atom is 0.224 e. The van der Waals surface area contributed by atoms with E-state index >= 15 is 0 Å². The van der Waals surface area contributed by atoms with Gasteiger partial charge < -0.3 is 31.1 Å². The Balaban J connectivity index is 1.51. The number of anilines is 2. The van der Waals surface area contributed by atoms with Gasteiger partial charge in [-0.3, -0.25) is 4.57 Å². The van der Waals surface area contributed by atoms with Crippen LogP contribution in [0.3, 0.4) is 0 Å². The van der Waals surface area contributed by atoms with Crippen molar-refractivity contribution in [2.75, 3.05) is 17.7 Å². The maximum absolute atomic E-state index is 10.3. The van der Waals surface area contributed by atoms with Crippen molar-refractivity contribution in [2.24, 2.45) is 0 Å². The monoisotopic (exact) mass is 398 g/mol. The van der Waals surface area contributed by atoms with E-state index < -0.39 is 31.1 Å². The van der Waals surface area contributed by atoms with E-state index in [0.717, 1.165) is 12.8 Å². The van der Waals surface area contributed by atoms with Crippen LogP contribution in [0.1, 0.15) is 29.8 Å². The second-order valence-corrected chi connectivity index (χ2v) is 7.42. The topological polar surface area (TPSA) is 152 Å². The SMILES string of the molecule is Nc1nc(NC2CCc3ccccc32)c2ncn(C3OC(CO)C(O)C3O)c2n1. The summed E-state index contributed by atoms with van der Waals surface area (Å²) in [5.41, 5.74) is 9.33. The van der Waals surface area contributed by atoms with Gasteiger partial charge in [-0.05, 0) is 24.0 Å². The number of aryl methyl sites for hydroxylation is 1. The first-order chi connectivity index (χ1) is 14.1. The van der Waals surface area contributed by atoms with Crippen LogP contribution in [0.4, 0.5) is 11.8 Å². The number of nitrogens with zero attached hydrogens (tertiary/aromatic N) is 4. The zero-order valence-corrected chi connectivity index (χ0v) is 15.5. The standard InChI is InChI=1S/C19H22N6O4/c20-19-23-16(22-11-6-5-9-3-1-2-4-10(9)11)13-17(24-19)25(8-21-13)18-15(28)14(27)12(7-26)29-18/h1-4,8,11-12,14-15,18,26-28H,5-7H2,(H3,20,22,23,24). The highest BCUT2D eigenvalue weighted by Gasteiger charge is 2.44. The molecule has 1 aliphatic heterocycles. The normalized spacial score (nSPS) is 28.7. The molecule has 0 bridgehead atoms. The number of aliphatic hydroxyl groups is 3. The van der Waals surface area contributed by atoms with E-state index in [0.29, 0.717) is 17.0 Å². The van der Waals surface area contributed by atoms with Crippen molar-refractivity contribution in [3.05, 3.63) is 41.7 Å².